The lowest BCUT2D eigenvalue weighted by molar-refractivity contribution is -0.114. The van der Waals surface area contributed by atoms with Crippen LogP contribution >= 0.6 is 28.1 Å². The predicted octanol–water partition coefficient (Wildman–Crippen LogP) is 4.75. The van der Waals surface area contributed by atoms with Crippen molar-refractivity contribution < 1.29 is 9.53 Å². The molecule has 1 atom stereocenters. The van der Waals surface area contributed by atoms with Gasteiger partial charge in [0, 0.05) is 28.4 Å². The summed E-state index contributed by atoms with van der Waals surface area (Å²) in [5.74, 6) is 0.749. The number of hydrogen-bond donors (Lipinski definition) is 1. The molecule has 0 aromatic heterocycles. The van der Waals surface area contributed by atoms with E-state index >= 15 is 0 Å². The Morgan fingerprint density at radius 3 is 2.56 bits per heavy atom. The monoisotopic (exact) mass is 444 g/mol. The van der Waals surface area contributed by atoms with E-state index in [-0.39, 0.29) is 11.8 Å². The fourth-order valence-electron chi connectivity index (χ4n) is 3.12. The quantitative estimate of drug-likeness (QED) is 0.673. The lowest BCUT2D eigenvalue weighted by Gasteiger charge is -2.36. The maximum absolute atomic E-state index is 12.4. The molecular weight excluding hydrogens is 424 g/mol. The number of para-hydroxylation sites is 1. The highest BCUT2D eigenvalue weighted by molar-refractivity contribution is 9.10. The van der Waals surface area contributed by atoms with Crippen LogP contribution in [-0.4, -0.2) is 22.8 Å². The first-order valence-electron chi connectivity index (χ1n) is 8.60. The van der Waals surface area contributed by atoms with E-state index in [9.17, 15) is 4.79 Å². The summed E-state index contributed by atoms with van der Waals surface area (Å²) in [7, 11) is 1.86. The molecule has 2 aromatic rings. The molecule has 0 aliphatic carbocycles. The van der Waals surface area contributed by atoms with Gasteiger partial charge in [-0.25, -0.2) is 0 Å². The van der Waals surface area contributed by atoms with Gasteiger partial charge in [-0.05, 0) is 49.8 Å². The highest BCUT2D eigenvalue weighted by Crippen LogP contribution is 2.35. The molecule has 1 aliphatic heterocycles. The lowest BCUT2D eigenvalue weighted by Crippen LogP contribution is -2.45. The number of nitrogens with zero attached hydrogens (tertiary/aromatic N) is 1. The average molecular weight is 445 g/mol. The van der Waals surface area contributed by atoms with Crippen LogP contribution in [0.25, 0.3) is 0 Å². The Hall–Kier alpha value is -2.18. The van der Waals surface area contributed by atoms with Crippen molar-refractivity contribution in [3.8, 4) is 5.75 Å². The lowest BCUT2D eigenvalue weighted by atomic mass is 9.92. The maximum atomic E-state index is 12.4. The number of thiocarbonyl (C=S) groups is 1. The molecule has 27 heavy (non-hydrogen) atoms. The van der Waals surface area contributed by atoms with Gasteiger partial charge in [0.2, 0.25) is 0 Å². The van der Waals surface area contributed by atoms with Crippen LogP contribution in [0.4, 0.5) is 0 Å². The summed E-state index contributed by atoms with van der Waals surface area (Å²) in [6, 6.07) is 15.4. The van der Waals surface area contributed by atoms with Crippen LogP contribution in [0.15, 0.2) is 64.3 Å². The molecular formula is C21H21BrN2O2S. The summed E-state index contributed by atoms with van der Waals surface area (Å²) in [6.45, 7) is 3.95. The minimum Gasteiger partial charge on any atom is -0.489 e. The summed E-state index contributed by atoms with van der Waals surface area (Å²) < 4.78 is 7.13. The number of hydrogen-bond acceptors (Lipinski definition) is 3. The van der Waals surface area contributed by atoms with Gasteiger partial charge in [0.15, 0.2) is 10.9 Å². The Balaban J connectivity index is 1.93. The van der Waals surface area contributed by atoms with Crippen molar-refractivity contribution in [1.82, 2.24) is 10.2 Å². The van der Waals surface area contributed by atoms with E-state index in [4.69, 9.17) is 17.0 Å². The van der Waals surface area contributed by atoms with E-state index in [2.05, 4.69) is 21.2 Å². The van der Waals surface area contributed by atoms with Crippen LogP contribution in [0.2, 0.25) is 0 Å². The number of halogens is 1. The molecule has 2 aromatic carbocycles. The van der Waals surface area contributed by atoms with Crippen molar-refractivity contribution in [2.75, 3.05) is 7.05 Å². The standard InChI is InChI=1S/C21H21BrN2O2S/c1-13-19(14(2)25)20(23-21(27)24(13)3)17-6-4-5-7-18(17)26-12-15-8-10-16(22)11-9-15/h4-11,20H,12H2,1-3H3,(H,23,27). The molecule has 1 aliphatic rings. The minimum absolute atomic E-state index is 0.0158. The van der Waals surface area contributed by atoms with Gasteiger partial charge in [0.25, 0.3) is 0 Å². The molecule has 3 rings (SSSR count). The predicted molar refractivity (Wildman–Crippen MR) is 115 cm³/mol. The van der Waals surface area contributed by atoms with E-state index in [0.29, 0.717) is 17.3 Å². The number of Topliss-reactive ketones (excluding diaryl/α,β-unsaturated/α-hetero) is 1. The van der Waals surface area contributed by atoms with Crippen molar-refractivity contribution >= 4 is 39.0 Å². The molecule has 0 fully saturated rings. The van der Waals surface area contributed by atoms with Crippen LogP contribution < -0.4 is 10.1 Å². The summed E-state index contributed by atoms with van der Waals surface area (Å²) in [5, 5.41) is 3.87. The average Bonchev–Trinajstić information content (AvgIpc) is 2.65. The van der Waals surface area contributed by atoms with Crippen LogP contribution in [-0.2, 0) is 11.4 Å². The Morgan fingerprint density at radius 2 is 1.89 bits per heavy atom. The highest BCUT2D eigenvalue weighted by Gasteiger charge is 2.32. The second-order valence-corrected chi connectivity index (χ2v) is 7.75. The topological polar surface area (TPSA) is 41.6 Å². The number of rotatable bonds is 5. The maximum Gasteiger partial charge on any atom is 0.173 e. The number of ether oxygens (including phenoxy) is 1. The first kappa shape index (κ1) is 19.6. The number of ketones is 1. The molecule has 6 heteroatoms. The highest BCUT2D eigenvalue weighted by atomic mass is 79.9. The van der Waals surface area contributed by atoms with Crippen LogP contribution in [0.3, 0.4) is 0 Å². The normalized spacial score (nSPS) is 17.0. The molecule has 4 nitrogen and oxygen atoms in total. The second-order valence-electron chi connectivity index (χ2n) is 6.45. The molecule has 140 valence electrons. The third-order valence-electron chi connectivity index (χ3n) is 4.67. The van der Waals surface area contributed by atoms with Crippen LogP contribution in [0.5, 0.6) is 5.75 Å². The van der Waals surface area contributed by atoms with Gasteiger partial charge in [-0.15, -0.1) is 0 Å². The van der Waals surface area contributed by atoms with Gasteiger partial charge in [-0.3, -0.25) is 4.79 Å². The first-order valence-corrected chi connectivity index (χ1v) is 9.80. The van der Waals surface area contributed by atoms with E-state index in [1.807, 2.05) is 67.4 Å². The fourth-order valence-corrected chi connectivity index (χ4v) is 3.64. The summed E-state index contributed by atoms with van der Waals surface area (Å²) in [6.07, 6.45) is 0. The summed E-state index contributed by atoms with van der Waals surface area (Å²) in [5.41, 5.74) is 3.53. The van der Waals surface area contributed by atoms with Crippen molar-refractivity contribution in [2.24, 2.45) is 0 Å². The van der Waals surface area contributed by atoms with Gasteiger partial charge in [-0.2, -0.15) is 0 Å². The fraction of sp³-hybridized carbons (Fsp3) is 0.238. The van der Waals surface area contributed by atoms with Gasteiger partial charge in [0.05, 0.1) is 6.04 Å². The number of carbonyl (C=O) groups is 1. The van der Waals surface area contributed by atoms with Gasteiger partial charge in [-0.1, -0.05) is 46.3 Å². The van der Waals surface area contributed by atoms with Gasteiger partial charge >= 0.3 is 0 Å². The molecule has 0 bridgehead atoms. The number of benzene rings is 2. The molecule has 0 radical (unpaired) electrons. The Kier molecular flexibility index (Phi) is 5.97. The van der Waals surface area contributed by atoms with E-state index < -0.39 is 0 Å². The zero-order valence-corrected chi connectivity index (χ0v) is 17.9. The van der Waals surface area contributed by atoms with Crippen LogP contribution in [0, 0.1) is 0 Å². The van der Waals surface area contributed by atoms with E-state index in [1.54, 1.807) is 6.92 Å². The Labute approximate surface area is 173 Å². The first-order chi connectivity index (χ1) is 12.9. The Bertz CT molecular complexity index is 909. The van der Waals surface area contributed by atoms with Crippen molar-refractivity contribution in [1.29, 1.82) is 0 Å². The van der Waals surface area contributed by atoms with Crippen molar-refractivity contribution in [3.63, 3.8) is 0 Å². The number of nitrogens with one attached hydrogen (secondary N) is 1. The molecule has 1 unspecified atom stereocenters. The molecule has 0 saturated heterocycles. The third-order valence-corrected chi connectivity index (χ3v) is 5.59. The molecule has 1 N–H and O–H groups in total. The summed E-state index contributed by atoms with van der Waals surface area (Å²) >= 11 is 8.88. The Morgan fingerprint density at radius 1 is 1.22 bits per heavy atom. The molecule has 1 heterocycles. The summed E-state index contributed by atoms with van der Waals surface area (Å²) in [4.78, 5) is 14.2. The number of carbonyl (C=O) groups excluding carboxylic acids is 1. The molecule has 0 amide bonds. The van der Waals surface area contributed by atoms with Crippen molar-refractivity contribution in [2.45, 2.75) is 26.5 Å². The molecule has 0 spiro atoms. The smallest absolute Gasteiger partial charge is 0.173 e. The van der Waals surface area contributed by atoms with Crippen molar-refractivity contribution in [3.05, 3.63) is 75.4 Å². The van der Waals surface area contributed by atoms with E-state index in [1.165, 1.54) is 0 Å². The number of allylic oxidation sites excluding steroid dienone is 1. The molecule has 0 saturated carbocycles. The zero-order valence-electron chi connectivity index (χ0n) is 15.5. The second kappa shape index (κ2) is 8.23. The van der Waals surface area contributed by atoms with E-state index in [0.717, 1.165) is 27.0 Å². The minimum atomic E-state index is -0.327. The SMILES string of the molecule is CC(=O)C1=C(C)N(C)C(=S)NC1c1ccccc1OCc1ccc(Br)cc1. The zero-order chi connectivity index (χ0) is 19.6. The largest absolute Gasteiger partial charge is 0.489 e. The van der Waals surface area contributed by atoms with Gasteiger partial charge < -0.3 is 15.0 Å². The third kappa shape index (κ3) is 4.22. The van der Waals surface area contributed by atoms with Crippen LogP contribution in [0.1, 0.15) is 31.0 Å². The van der Waals surface area contributed by atoms with Gasteiger partial charge in [0.1, 0.15) is 12.4 Å².